The molecule has 3 atom stereocenters. The van der Waals surface area contributed by atoms with Crippen molar-refractivity contribution in [3.05, 3.63) is 148 Å². The minimum absolute atomic E-state index is 0. The van der Waals surface area contributed by atoms with Crippen molar-refractivity contribution in [3.63, 3.8) is 0 Å². The van der Waals surface area contributed by atoms with Gasteiger partial charge in [-0.05, 0) is 124 Å². The van der Waals surface area contributed by atoms with Gasteiger partial charge >= 0.3 is 24.3 Å². The Morgan fingerprint density at radius 3 is 1.41 bits per heavy atom. The van der Waals surface area contributed by atoms with Gasteiger partial charge in [-0.25, -0.2) is 0 Å². The van der Waals surface area contributed by atoms with Crippen LogP contribution in [0.5, 0.6) is 0 Å². The van der Waals surface area contributed by atoms with Gasteiger partial charge in [0.25, 0.3) is 0 Å². The van der Waals surface area contributed by atoms with E-state index in [0.29, 0.717) is 5.66 Å². The van der Waals surface area contributed by atoms with E-state index < -0.39 is 15.2 Å². The maximum atomic E-state index is 9.75. The summed E-state index contributed by atoms with van der Waals surface area (Å²) < 4.78 is 39.0. The van der Waals surface area contributed by atoms with Crippen molar-refractivity contribution < 1.29 is 53.8 Å². The molecule has 0 spiro atoms. The van der Waals surface area contributed by atoms with E-state index in [1.165, 1.54) is 29.9 Å². The van der Waals surface area contributed by atoms with Gasteiger partial charge < -0.3 is 17.3 Å². The first-order valence-electron chi connectivity index (χ1n) is 15.5. The molecule has 0 nitrogen and oxygen atoms in total. The minimum atomic E-state index is -6.00. The molecule has 1 aliphatic heterocycles. The number of rotatable bonds is 5. The zero-order valence-corrected chi connectivity index (χ0v) is 30.9. The molecule has 2 saturated carbocycles. The van der Waals surface area contributed by atoms with Gasteiger partial charge in [0.2, 0.25) is 0 Å². The maximum absolute atomic E-state index is 9.75. The van der Waals surface area contributed by atoms with E-state index in [0.717, 1.165) is 23.2 Å². The molecule has 46 heavy (non-hydrogen) atoms. The summed E-state index contributed by atoms with van der Waals surface area (Å²) in [5.41, 5.74) is 4.05. The van der Waals surface area contributed by atoms with Crippen LogP contribution < -0.4 is 10.6 Å². The fourth-order valence-electron chi connectivity index (χ4n) is 6.35. The Kier molecular flexibility index (Phi) is 19.2. The van der Waals surface area contributed by atoms with Crippen LogP contribution in [-0.2, 0) is 36.5 Å². The number of benzene rings is 2. The Hall–Kier alpha value is -0.292. The Bertz CT molecular complexity index is 1070. The number of allylic oxidation sites excluding steroid dienone is 4. The second-order valence-corrected chi connectivity index (χ2v) is 17.2. The molecule has 3 fully saturated rings. The van der Waals surface area contributed by atoms with Crippen molar-refractivity contribution in [2.45, 2.75) is 57.0 Å². The zero-order valence-electron chi connectivity index (χ0n) is 26.4. The monoisotopic (exact) mass is 794 g/mol. The van der Waals surface area contributed by atoms with Crippen molar-refractivity contribution in [2.24, 2.45) is 11.8 Å². The number of hydrogen-bond acceptors (Lipinski definition) is 0. The summed E-state index contributed by atoms with van der Waals surface area (Å²) in [5.74, 6) is 3.23. The van der Waals surface area contributed by atoms with Crippen LogP contribution in [0, 0.1) is 74.8 Å². The van der Waals surface area contributed by atoms with E-state index >= 15 is 0 Å². The van der Waals surface area contributed by atoms with Crippen LogP contribution >= 0.6 is 15.8 Å². The Morgan fingerprint density at radius 2 is 1.07 bits per heavy atom. The van der Waals surface area contributed by atoms with Gasteiger partial charge in [0.15, 0.2) is 0 Å². The van der Waals surface area contributed by atoms with E-state index in [-0.39, 0.29) is 44.5 Å². The molecule has 247 valence electrons. The van der Waals surface area contributed by atoms with Crippen molar-refractivity contribution >= 4 is 33.7 Å². The van der Waals surface area contributed by atoms with Crippen molar-refractivity contribution in [3.8, 4) is 0 Å². The number of halogens is 4. The molecule has 0 N–H and O–H groups in total. The molecule has 2 aromatic carbocycles. The van der Waals surface area contributed by atoms with Crippen LogP contribution in [0.25, 0.3) is 0 Å². The zero-order chi connectivity index (χ0) is 31.5. The normalized spacial score (nSPS) is 25.8. The van der Waals surface area contributed by atoms with Gasteiger partial charge in [-0.15, -0.1) is 0 Å². The molecule has 7 rings (SSSR count). The molecule has 4 aliphatic carbocycles. The quantitative estimate of drug-likeness (QED) is 0.122. The standard InChI is InChI=1S/C25H29P2.C7H8.C5H5.BF4.Fe.Rh/c1-19-17-18-20(2)26(19)21(3)24-15-10-16-25(24)27(22-11-6-4-7-12-22)23-13-8-5-9-14-23;1-2-7-4-3-6(1)5-7;1-2-4-5-3-1;2-1(3,4)5;;/h4-16,19-21H,17-18H2,1-3H3;1-4,6-7H,5H2;1-5H;;;/q;;;-1;+2;/t19-,20-,21-;;;;;/m1...../s1. The molecule has 9 heteroatoms. The van der Waals surface area contributed by atoms with E-state index in [4.69, 9.17) is 0 Å². The molecule has 2 bridgehead atoms. The summed E-state index contributed by atoms with van der Waals surface area (Å²) >= 11 is 0. The third kappa shape index (κ3) is 13.2. The molecule has 2 aromatic rings. The molecule has 0 amide bonds. The molecule has 0 unspecified atom stereocenters. The summed E-state index contributed by atoms with van der Waals surface area (Å²) in [7, 11) is -6.44. The Morgan fingerprint density at radius 1 is 0.674 bits per heavy atom. The first-order chi connectivity index (χ1) is 21.1. The summed E-state index contributed by atoms with van der Waals surface area (Å²) in [6.07, 6.45) is 30.5. The van der Waals surface area contributed by atoms with Crippen molar-refractivity contribution in [1.82, 2.24) is 0 Å². The SMILES string of the molecule is C1=CC2C=CC1C2.C[C@@H]1CC[C@@H](C)P1[C@H](C)[C]1[CH][CH][CH][C]1P(c1ccccc1)c1ccccc1.F[B-](F)(F)F.[CH]1[CH][CH][CH][CH]1.[Fe+2].[Rh]. The van der Waals surface area contributed by atoms with Crippen LogP contribution in [0.2, 0.25) is 0 Å². The van der Waals surface area contributed by atoms with E-state index in [1.54, 1.807) is 11.6 Å². The number of hydrogen-bond donors (Lipinski definition) is 0. The summed E-state index contributed by atoms with van der Waals surface area (Å²) in [6, 6.07) is 22.2. The van der Waals surface area contributed by atoms with E-state index in [1.807, 2.05) is 32.1 Å². The fraction of sp³-hybridized carbons (Fsp3) is 0.297. The van der Waals surface area contributed by atoms with E-state index in [2.05, 4.69) is 125 Å². The van der Waals surface area contributed by atoms with Gasteiger partial charge in [0, 0.05) is 25.1 Å². The fourth-order valence-corrected chi connectivity index (χ4v) is 12.8. The molecular formula is C37H42BF4FeP2Rh+. The second-order valence-electron chi connectivity index (χ2n) is 11.6. The molecule has 5 aliphatic rings. The molecule has 11 radical (unpaired) electrons. The van der Waals surface area contributed by atoms with Crippen molar-refractivity contribution in [2.75, 3.05) is 0 Å². The third-order valence-corrected chi connectivity index (χ3v) is 14.6. The Labute approximate surface area is 302 Å². The van der Waals surface area contributed by atoms with Gasteiger partial charge in [-0.1, -0.05) is 114 Å². The second kappa shape index (κ2) is 21.0. The van der Waals surface area contributed by atoms with Crippen LogP contribution in [0.4, 0.5) is 17.3 Å². The predicted octanol–water partition coefficient (Wildman–Crippen LogP) is 10.4. The smallest absolute Gasteiger partial charge is 0.418 e. The summed E-state index contributed by atoms with van der Waals surface area (Å²) in [5, 5.41) is 2.91. The average Bonchev–Trinajstić information content (AvgIpc) is 3.85. The molecule has 0 aromatic heterocycles. The summed E-state index contributed by atoms with van der Waals surface area (Å²) in [6.45, 7) is 7.49. The average molecular weight is 794 g/mol. The van der Waals surface area contributed by atoms with Crippen LogP contribution in [0.3, 0.4) is 0 Å². The van der Waals surface area contributed by atoms with Gasteiger partial charge in [0.1, 0.15) is 0 Å². The number of fused-ring (bicyclic) bond motifs is 2. The third-order valence-electron chi connectivity index (χ3n) is 8.32. The predicted molar refractivity (Wildman–Crippen MR) is 185 cm³/mol. The van der Waals surface area contributed by atoms with E-state index in [9.17, 15) is 17.3 Å². The van der Waals surface area contributed by atoms with Gasteiger partial charge in [-0.3, -0.25) is 0 Å². The molecule has 1 saturated heterocycles. The molecule has 1 heterocycles. The summed E-state index contributed by atoms with van der Waals surface area (Å²) in [4.78, 5) is 0. The first kappa shape index (κ1) is 41.9. The molecular weight excluding hydrogens is 752 g/mol. The maximum Gasteiger partial charge on any atom is 2.00 e. The van der Waals surface area contributed by atoms with Crippen LogP contribution in [0.1, 0.15) is 40.0 Å². The van der Waals surface area contributed by atoms with Crippen LogP contribution in [-0.4, -0.2) is 24.2 Å². The first-order valence-corrected chi connectivity index (χ1v) is 18.3. The van der Waals surface area contributed by atoms with Crippen molar-refractivity contribution in [1.29, 1.82) is 0 Å². The largest absolute Gasteiger partial charge is 2.00 e. The Balaban J connectivity index is 0.000000314. The van der Waals surface area contributed by atoms with Crippen LogP contribution in [0.15, 0.2) is 85.0 Å². The minimum Gasteiger partial charge on any atom is -0.418 e. The van der Waals surface area contributed by atoms with Gasteiger partial charge in [0.05, 0.1) is 0 Å². The topological polar surface area (TPSA) is 0 Å². The van der Waals surface area contributed by atoms with Gasteiger partial charge in [-0.2, -0.15) is 0 Å².